The maximum atomic E-state index is 12.4. The van der Waals surface area contributed by atoms with Gasteiger partial charge in [-0.1, -0.05) is 13.3 Å². The first-order valence-corrected chi connectivity index (χ1v) is 8.24. The highest BCUT2D eigenvalue weighted by Gasteiger charge is 2.25. The number of unbranched alkanes of at least 4 members (excludes halogenated alkanes) is 1. The van der Waals surface area contributed by atoms with Gasteiger partial charge in [-0.2, -0.15) is 0 Å². The number of amides is 2. The Labute approximate surface area is 138 Å². The smallest absolute Gasteiger partial charge is 0.248 e. The van der Waals surface area contributed by atoms with Crippen LogP contribution in [0.5, 0.6) is 0 Å². The van der Waals surface area contributed by atoms with Crippen LogP contribution in [0.25, 0.3) is 0 Å². The number of rotatable bonds is 6. The summed E-state index contributed by atoms with van der Waals surface area (Å²) in [6.07, 6.45) is 4.31. The van der Waals surface area contributed by atoms with Crippen LogP contribution in [-0.4, -0.2) is 59.5 Å². The number of likely N-dealkylation sites (N-methyl/N-ethyl adjacent to an activating group) is 1. The summed E-state index contributed by atoms with van der Waals surface area (Å²) in [7, 11) is 3.42. The molecule has 6 heteroatoms. The van der Waals surface area contributed by atoms with Gasteiger partial charge in [-0.05, 0) is 18.6 Å². The molecule has 0 aliphatic carbocycles. The van der Waals surface area contributed by atoms with Gasteiger partial charge in [0.2, 0.25) is 11.8 Å². The Balaban J connectivity index is 2.04. The molecule has 1 aromatic heterocycles. The summed E-state index contributed by atoms with van der Waals surface area (Å²) in [5.41, 5.74) is 1.11. The summed E-state index contributed by atoms with van der Waals surface area (Å²) in [5.74, 6) is 0.0971. The molecule has 0 radical (unpaired) electrons. The van der Waals surface area contributed by atoms with Crippen molar-refractivity contribution in [3.63, 3.8) is 0 Å². The quantitative estimate of drug-likeness (QED) is 0.798. The maximum absolute atomic E-state index is 12.4. The van der Waals surface area contributed by atoms with Gasteiger partial charge in [0.1, 0.15) is 6.61 Å². The third-order valence-corrected chi connectivity index (χ3v) is 4.14. The van der Waals surface area contributed by atoms with Crippen molar-refractivity contribution in [2.45, 2.75) is 45.4 Å². The Bertz CT molecular complexity index is 539. The van der Waals surface area contributed by atoms with Gasteiger partial charge in [0.05, 0.1) is 19.2 Å². The van der Waals surface area contributed by atoms with Crippen molar-refractivity contribution < 1.29 is 14.3 Å². The van der Waals surface area contributed by atoms with E-state index in [0.717, 1.165) is 18.5 Å². The van der Waals surface area contributed by atoms with Crippen LogP contribution in [0.3, 0.4) is 0 Å². The van der Waals surface area contributed by atoms with Gasteiger partial charge in [-0.3, -0.25) is 9.59 Å². The zero-order valence-electron chi connectivity index (χ0n) is 14.3. The fraction of sp³-hybridized carbons (Fsp3) is 0.647. The molecule has 2 amide bonds. The van der Waals surface area contributed by atoms with Gasteiger partial charge in [-0.25, -0.2) is 0 Å². The van der Waals surface area contributed by atoms with E-state index in [1.807, 2.05) is 23.2 Å². The highest BCUT2D eigenvalue weighted by molar-refractivity contribution is 5.77. The van der Waals surface area contributed by atoms with Crippen molar-refractivity contribution >= 4 is 11.8 Å². The summed E-state index contributed by atoms with van der Waals surface area (Å²) in [4.78, 5) is 27.5. The van der Waals surface area contributed by atoms with E-state index in [2.05, 4.69) is 11.5 Å². The SMILES string of the molecule is CCCCC(=O)N1Cc2cccn2CC(OCC(=O)N(C)C)C1. The zero-order valence-corrected chi connectivity index (χ0v) is 14.3. The number of nitrogens with zero attached hydrogens (tertiary/aromatic N) is 3. The molecule has 128 valence electrons. The third-order valence-electron chi connectivity index (χ3n) is 4.14. The number of hydrogen-bond donors (Lipinski definition) is 0. The largest absolute Gasteiger partial charge is 0.365 e. The van der Waals surface area contributed by atoms with Crippen LogP contribution in [0.2, 0.25) is 0 Å². The Hall–Kier alpha value is -1.82. The van der Waals surface area contributed by atoms with Crippen molar-refractivity contribution in [1.82, 2.24) is 14.4 Å². The first-order valence-electron chi connectivity index (χ1n) is 8.24. The molecule has 1 aliphatic heterocycles. The van der Waals surface area contributed by atoms with E-state index in [-0.39, 0.29) is 24.5 Å². The highest BCUT2D eigenvalue weighted by atomic mass is 16.5. The average Bonchev–Trinajstić information content (AvgIpc) is 2.88. The van der Waals surface area contributed by atoms with Gasteiger partial charge in [0.25, 0.3) is 0 Å². The average molecular weight is 321 g/mol. The first-order chi connectivity index (χ1) is 11.0. The lowest BCUT2D eigenvalue weighted by molar-refractivity contribution is -0.138. The summed E-state index contributed by atoms with van der Waals surface area (Å²) >= 11 is 0. The lowest BCUT2D eigenvalue weighted by atomic mass is 10.2. The fourth-order valence-electron chi connectivity index (χ4n) is 2.65. The number of fused-ring (bicyclic) bond motifs is 1. The van der Waals surface area contributed by atoms with Crippen LogP contribution in [0, 0.1) is 0 Å². The summed E-state index contributed by atoms with van der Waals surface area (Å²) in [5, 5.41) is 0. The van der Waals surface area contributed by atoms with Crippen LogP contribution in [0.15, 0.2) is 18.3 Å². The van der Waals surface area contributed by atoms with E-state index in [9.17, 15) is 9.59 Å². The molecule has 1 aliphatic rings. The lowest BCUT2D eigenvalue weighted by Gasteiger charge is -2.24. The highest BCUT2D eigenvalue weighted by Crippen LogP contribution is 2.17. The van der Waals surface area contributed by atoms with E-state index in [1.165, 1.54) is 4.90 Å². The molecule has 1 unspecified atom stereocenters. The van der Waals surface area contributed by atoms with Crippen molar-refractivity contribution in [3.05, 3.63) is 24.0 Å². The molecule has 1 aromatic rings. The fourth-order valence-corrected chi connectivity index (χ4v) is 2.65. The second-order valence-corrected chi connectivity index (χ2v) is 6.25. The molecular formula is C17H27N3O3. The molecule has 0 fully saturated rings. The molecular weight excluding hydrogens is 294 g/mol. The zero-order chi connectivity index (χ0) is 16.8. The van der Waals surface area contributed by atoms with Crippen molar-refractivity contribution in [1.29, 1.82) is 0 Å². The van der Waals surface area contributed by atoms with Crippen LogP contribution in [-0.2, 0) is 27.4 Å². The van der Waals surface area contributed by atoms with Gasteiger partial charge >= 0.3 is 0 Å². The normalized spacial score (nSPS) is 17.5. The van der Waals surface area contributed by atoms with Gasteiger partial charge < -0.3 is 19.1 Å². The van der Waals surface area contributed by atoms with Gasteiger partial charge in [0.15, 0.2) is 0 Å². The van der Waals surface area contributed by atoms with Crippen LogP contribution >= 0.6 is 0 Å². The van der Waals surface area contributed by atoms with Crippen molar-refractivity contribution in [2.75, 3.05) is 27.2 Å². The second kappa shape index (κ2) is 8.15. The number of hydrogen-bond acceptors (Lipinski definition) is 3. The molecule has 23 heavy (non-hydrogen) atoms. The molecule has 0 saturated heterocycles. The molecule has 0 spiro atoms. The maximum Gasteiger partial charge on any atom is 0.248 e. The lowest BCUT2D eigenvalue weighted by Crippen LogP contribution is -2.39. The summed E-state index contributed by atoms with van der Waals surface area (Å²) in [6.45, 7) is 3.94. The van der Waals surface area contributed by atoms with E-state index in [4.69, 9.17) is 4.74 Å². The van der Waals surface area contributed by atoms with E-state index < -0.39 is 0 Å². The molecule has 0 saturated carbocycles. The Kier molecular flexibility index (Phi) is 6.21. The summed E-state index contributed by atoms with van der Waals surface area (Å²) in [6, 6.07) is 4.02. The monoisotopic (exact) mass is 321 g/mol. The van der Waals surface area contributed by atoms with E-state index in [1.54, 1.807) is 14.1 Å². The predicted octanol–water partition coefficient (Wildman–Crippen LogP) is 1.49. The van der Waals surface area contributed by atoms with E-state index >= 15 is 0 Å². The molecule has 2 heterocycles. The molecule has 0 aromatic carbocycles. The van der Waals surface area contributed by atoms with Gasteiger partial charge in [-0.15, -0.1) is 0 Å². The second-order valence-electron chi connectivity index (χ2n) is 6.25. The Morgan fingerprint density at radius 2 is 2.13 bits per heavy atom. The molecule has 0 N–H and O–H groups in total. The molecule has 1 atom stereocenters. The first kappa shape index (κ1) is 17.5. The van der Waals surface area contributed by atoms with Gasteiger partial charge in [0, 0.05) is 39.0 Å². The van der Waals surface area contributed by atoms with Crippen molar-refractivity contribution in [2.24, 2.45) is 0 Å². The number of carbonyl (C=O) groups excluding carboxylic acids is 2. The van der Waals surface area contributed by atoms with Crippen molar-refractivity contribution in [3.8, 4) is 0 Å². The number of carbonyl (C=O) groups is 2. The van der Waals surface area contributed by atoms with Crippen LogP contribution in [0.4, 0.5) is 0 Å². The van der Waals surface area contributed by atoms with E-state index in [0.29, 0.717) is 26.1 Å². The Morgan fingerprint density at radius 1 is 1.35 bits per heavy atom. The van der Waals surface area contributed by atoms with Crippen LogP contribution in [0.1, 0.15) is 31.9 Å². The minimum atomic E-state index is -0.168. The molecule has 0 bridgehead atoms. The molecule has 6 nitrogen and oxygen atoms in total. The Morgan fingerprint density at radius 3 is 2.83 bits per heavy atom. The minimum Gasteiger partial charge on any atom is -0.365 e. The topological polar surface area (TPSA) is 54.8 Å². The standard InChI is InChI=1S/C17H27N3O3/c1-4-5-8-16(21)20-10-14-7-6-9-19(14)11-15(12-20)23-13-17(22)18(2)3/h6-7,9,15H,4-5,8,10-13H2,1-3H3. The van der Waals surface area contributed by atoms with Crippen LogP contribution < -0.4 is 0 Å². The predicted molar refractivity (Wildman–Crippen MR) is 87.8 cm³/mol. The summed E-state index contributed by atoms with van der Waals surface area (Å²) < 4.78 is 7.90. The third kappa shape index (κ3) is 4.82. The number of ether oxygens (including phenoxy) is 1. The number of aromatic nitrogens is 1. The molecule has 2 rings (SSSR count). The minimum absolute atomic E-state index is 0.0469.